The average Bonchev–Trinajstić information content (AvgIpc) is 2.05. The second-order valence-electron chi connectivity index (χ2n) is 3.55. The SMILES string of the molecule is CSC1CCC(C(C)C)OC1. The Balaban J connectivity index is 2.24. The van der Waals surface area contributed by atoms with E-state index in [1.807, 2.05) is 11.8 Å². The molecule has 2 unspecified atom stereocenters. The molecule has 0 N–H and O–H groups in total. The molecule has 11 heavy (non-hydrogen) atoms. The van der Waals surface area contributed by atoms with Crippen molar-refractivity contribution in [3.05, 3.63) is 0 Å². The first-order valence-corrected chi connectivity index (χ1v) is 5.67. The molecular weight excluding hydrogens is 156 g/mol. The Morgan fingerprint density at radius 3 is 2.45 bits per heavy atom. The topological polar surface area (TPSA) is 9.23 Å². The maximum Gasteiger partial charge on any atom is 0.0599 e. The van der Waals surface area contributed by atoms with Gasteiger partial charge < -0.3 is 4.74 Å². The monoisotopic (exact) mass is 174 g/mol. The molecule has 0 saturated carbocycles. The molecule has 0 amide bonds. The molecular formula is C9H18OS. The normalized spacial score (nSPS) is 32.7. The summed E-state index contributed by atoms with van der Waals surface area (Å²) in [6.07, 6.45) is 5.29. The first-order valence-electron chi connectivity index (χ1n) is 4.38. The Morgan fingerprint density at radius 2 is 2.09 bits per heavy atom. The van der Waals surface area contributed by atoms with Gasteiger partial charge in [-0.15, -0.1) is 0 Å². The lowest BCUT2D eigenvalue weighted by molar-refractivity contribution is -0.00817. The van der Waals surface area contributed by atoms with E-state index in [-0.39, 0.29) is 0 Å². The third-order valence-electron chi connectivity index (χ3n) is 2.35. The predicted molar refractivity (Wildman–Crippen MR) is 51.1 cm³/mol. The lowest BCUT2D eigenvalue weighted by atomic mass is 9.99. The zero-order valence-electron chi connectivity index (χ0n) is 7.67. The quantitative estimate of drug-likeness (QED) is 0.636. The largest absolute Gasteiger partial charge is 0.377 e. The number of ether oxygens (including phenoxy) is 1. The number of hydrogen-bond donors (Lipinski definition) is 0. The van der Waals surface area contributed by atoms with E-state index in [4.69, 9.17) is 4.74 Å². The van der Waals surface area contributed by atoms with Crippen LogP contribution in [0, 0.1) is 5.92 Å². The predicted octanol–water partition coefficient (Wildman–Crippen LogP) is 2.55. The molecule has 1 aliphatic heterocycles. The molecule has 1 fully saturated rings. The number of rotatable bonds is 2. The van der Waals surface area contributed by atoms with Crippen LogP contribution in [0.4, 0.5) is 0 Å². The smallest absolute Gasteiger partial charge is 0.0599 e. The van der Waals surface area contributed by atoms with E-state index >= 15 is 0 Å². The highest BCUT2D eigenvalue weighted by Crippen LogP contribution is 2.25. The molecule has 1 rings (SSSR count). The van der Waals surface area contributed by atoms with Gasteiger partial charge in [-0.2, -0.15) is 11.8 Å². The Bertz CT molecular complexity index is 106. The van der Waals surface area contributed by atoms with E-state index in [1.54, 1.807) is 0 Å². The summed E-state index contributed by atoms with van der Waals surface area (Å²) in [5.41, 5.74) is 0. The van der Waals surface area contributed by atoms with Gasteiger partial charge in [-0.3, -0.25) is 0 Å². The van der Waals surface area contributed by atoms with Crippen molar-refractivity contribution >= 4 is 11.8 Å². The molecule has 1 nitrogen and oxygen atoms in total. The summed E-state index contributed by atoms with van der Waals surface area (Å²) in [4.78, 5) is 0. The van der Waals surface area contributed by atoms with Crippen LogP contribution in [0.1, 0.15) is 26.7 Å². The molecule has 1 heterocycles. The minimum atomic E-state index is 0.526. The standard InChI is InChI=1S/C9H18OS/c1-7(2)9-5-4-8(11-3)6-10-9/h7-9H,4-6H2,1-3H3. The summed E-state index contributed by atoms with van der Waals surface area (Å²) < 4.78 is 5.72. The summed E-state index contributed by atoms with van der Waals surface area (Å²) in [5, 5.41) is 0.755. The second-order valence-corrected chi connectivity index (χ2v) is 4.69. The van der Waals surface area contributed by atoms with Crippen LogP contribution in [0.3, 0.4) is 0 Å². The molecule has 0 aromatic carbocycles. The van der Waals surface area contributed by atoms with Gasteiger partial charge in [-0.25, -0.2) is 0 Å². The first kappa shape index (κ1) is 9.40. The first-order chi connectivity index (χ1) is 5.24. The van der Waals surface area contributed by atoms with E-state index in [2.05, 4.69) is 20.1 Å². The summed E-state index contributed by atoms with van der Waals surface area (Å²) in [6, 6.07) is 0. The van der Waals surface area contributed by atoms with E-state index in [9.17, 15) is 0 Å². The van der Waals surface area contributed by atoms with Crippen LogP contribution < -0.4 is 0 Å². The number of thioether (sulfide) groups is 1. The number of hydrogen-bond acceptors (Lipinski definition) is 2. The maximum atomic E-state index is 5.72. The van der Waals surface area contributed by atoms with Crippen molar-refractivity contribution in [2.45, 2.75) is 38.0 Å². The van der Waals surface area contributed by atoms with E-state index in [0.29, 0.717) is 12.0 Å². The fourth-order valence-corrected chi connectivity index (χ4v) is 2.05. The summed E-state index contributed by atoms with van der Waals surface area (Å²) >= 11 is 1.93. The molecule has 0 aliphatic carbocycles. The molecule has 0 spiro atoms. The van der Waals surface area contributed by atoms with Gasteiger partial charge in [0.05, 0.1) is 12.7 Å². The van der Waals surface area contributed by atoms with Crippen molar-refractivity contribution < 1.29 is 4.74 Å². The zero-order valence-corrected chi connectivity index (χ0v) is 8.49. The highest BCUT2D eigenvalue weighted by Gasteiger charge is 2.22. The zero-order chi connectivity index (χ0) is 8.27. The minimum Gasteiger partial charge on any atom is -0.377 e. The van der Waals surface area contributed by atoms with Gasteiger partial charge in [0.2, 0.25) is 0 Å². The van der Waals surface area contributed by atoms with Crippen LogP contribution >= 0.6 is 11.8 Å². The summed E-state index contributed by atoms with van der Waals surface area (Å²) in [7, 11) is 0. The molecule has 0 bridgehead atoms. The van der Waals surface area contributed by atoms with Gasteiger partial charge in [-0.1, -0.05) is 13.8 Å². The summed E-state index contributed by atoms with van der Waals surface area (Å²) in [5.74, 6) is 0.692. The Kier molecular flexibility index (Phi) is 3.73. The van der Waals surface area contributed by atoms with Crippen LogP contribution in [-0.2, 0) is 4.74 Å². The lowest BCUT2D eigenvalue weighted by Crippen LogP contribution is -2.30. The van der Waals surface area contributed by atoms with Crippen LogP contribution in [-0.4, -0.2) is 24.2 Å². The van der Waals surface area contributed by atoms with Crippen LogP contribution in [0.5, 0.6) is 0 Å². The molecule has 2 heteroatoms. The maximum absolute atomic E-state index is 5.72. The van der Waals surface area contributed by atoms with Crippen molar-refractivity contribution in [1.29, 1.82) is 0 Å². The van der Waals surface area contributed by atoms with Gasteiger partial charge in [0.1, 0.15) is 0 Å². The van der Waals surface area contributed by atoms with Crippen LogP contribution in [0.25, 0.3) is 0 Å². The molecule has 1 saturated heterocycles. The molecule has 2 atom stereocenters. The fourth-order valence-electron chi connectivity index (χ4n) is 1.46. The minimum absolute atomic E-state index is 0.526. The van der Waals surface area contributed by atoms with E-state index < -0.39 is 0 Å². The van der Waals surface area contributed by atoms with Crippen molar-refractivity contribution in [3.8, 4) is 0 Å². The van der Waals surface area contributed by atoms with Gasteiger partial charge in [0.15, 0.2) is 0 Å². The third-order valence-corrected chi connectivity index (χ3v) is 3.38. The Hall–Kier alpha value is 0.310. The fraction of sp³-hybridized carbons (Fsp3) is 1.00. The third kappa shape index (κ3) is 2.68. The van der Waals surface area contributed by atoms with Crippen molar-refractivity contribution in [2.24, 2.45) is 5.92 Å². The molecule has 0 aromatic rings. The summed E-state index contributed by atoms with van der Waals surface area (Å²) in [6.45, 7) is 5.44. The average molecular weight is 174 g/mol. The van der Waals surface area contributed by atoms with Gasteiger partial charge >= 0.3 is 0 Å². The van der Waals surface area contributed by atoms with Crippen molar-refractivity contribution in [3.63, 3.8) is 0 Å². The van der Waals surface area contributed by atoms with Crippen LogP contribution in [0.2, 0.25) is 0 Å². The Labute approximate surface area is 73.9 Å². The van der Waals surface area contributed by atoms with Crippen molar-refractivity contribution in [2.75, 3.05) is 12.9 Å². The Morgan fingerprint density at radius 1 is 1.36 bits per heavy atom. The van der Waals surface area contributed by atoms with Gasteiger partial charge in [-0.05, 0) is 25.0 Å². The second kappa shape index (κ2) is 4.36. The van der Waals surface area contributed by atoms with Crippen molar-refractivity contribution in [1.82, 2.24) is 0 Å². The molecule has 0 radical (unpaired) electrons. The molecule has 0 aromatic heterocycles. The van der Waals surface area contributed by atoms with Gasteiger partial charge in [0.25, 0.3) is 0 Å². The molecule has 1 aliphatic rings. The highest BCUT2D eigenvalue weighted by molar-refractivity contribution is 7.99. The van der Waals surface area contributed by atoms with Gasteiger partial charge in [0, 0.05) is 5.25 Å². The lowest BCUT2D eigenvalue weighted by Gasteiger charge is -2.30. The molecule has 66 valence electrons. The van der Waals surface area contributed by atoms with E-state index in [1.165, 1.54) is 12.8 Å². The highest BCUT2D eigenvalue weighted by atomic mass is 32.2. The van der Waals surface area contributed by atoms with Crippen LogP contribution in [0.15, 0.2) is 0 Å². The van der Waals surface area contributed by atoms with E-state index in [0.717, 1.165) is 11.9 Å².